The lowest BCUT2D eigenvalue weighted by Crippen LogP contribution is -1.98. The van der Waals surface area contributed by atoms with Crippen molar-refractivity contribution in [2.45, 2.75) is 0 Å². The minimum Gasteiger partial charge on any atom is -0.872 e. The number of benzene rings is 3. The Morgan fingerprint density at radius 3 is 2.50 bits per heavy atom. The fraction of sp³-hybridized carbons (Fsp3) is 0. The third-order valence-corrected chi connectivity index (χ3v) is 3.29. The SMILES string of the molecule is O=[N+]([O-])c1ccc([O-])c(C=Nc2ccc3ccccc3c2)c1. The van der Waals surface area contributed by atoms with E-state index in [2.05, 4.69) is 4.99 Å². The molecule has 0 aliphatic carbocycles. The predicted molar refractivity (Wildman–Crippen MR) is 83.7 cm³/mol. The monoisotopic (exact) mass is 291 g/mol. The quantitative estimate of drug-likeness (QED) is 0.420. The molecule has 0 aromatic heterocycles. The van der Waals surface area contributed by atoms with Crippen LogP contribution in [0.15, 0.2) is 65.7 Å². The largest absolute Gasteiger partial charge is 0.872 e. The molecule has 0 saturated carbocycles. The standard InChI is InChI=1S/C17H12N2O3/c20-17-8-7-16(19(21)22)10-14(17)11-18-15-6-5-12-3-1-2-4-13(12)9-15/h1-11,20H/p-1. The first-order chi connectivity index (χ1) is 10.6. The maximum Gasteiger partial charge on any atom is 0.270 e. The van der Waals surface area contributed by atoms with Gasteiger partial charge < -0.3 is 5.11 Å². The second-order valence-corrected chi connectivity index (χ2v) is 4.77. The van der Waals surface area contributed by atoms with Gasteiger partial charge in [0.15, 0.2) is 0 Å². The summed E-state index contributed by atoms with van der Waals surface area (Å²) < 4.78 is 0. The van der Waals surface area contributed by atoms with E-state index in [0.29, 0.717) is 5.69 Å². The summed E-state index contributed by atoms with van der Waals surface area (Å²) in [6.45, 7) is 0. The molecule has 0 N–H and O–H groups in total. The van der Waals surface area contributed by atoms with Gasteiger partial charge in [-0.3, -0.25) is 15.1 Å². The van der Waals surface area contributed by atoms with Crippen molar-refractivity contribution in [3.63, 3.8) is 0 Å². The van der Waals surface area contributed by atoms with E-state index in [1.165, 1.54) is 24.4 Å². The first kappa shape index (κ1) is 13.8. The number of rotatable bonds is 3. The number of nitro benzene ring substituents is 1. The second kappa shape index (κ2) is 5.65. The van der Waals surface area contributed by atoms with Crippen molar-refractivity contribution in [2.24, 2.45) is 4.99 Å². The molecule has 5 heteroatoms. The second-order valence-electron chi connectivity index (χ2n) is 4.77. The van der Waals surface area contributed by atoms with Gasteiger partial charge in [0.2, 0.25) is 0 Å². The van der Waals surface area contributed by atoms with Gasteiger partial charge in [-0.15, -0.1) is 0 Å². The molecule has 0 spiro atoms. The Balaban J connectivity index is 1.95. The van der Waals surface area contributed by atoms with Crippen LogP contribution in [0.2, 0.25) is 0 Å². The minimum atomic E-state index is -0.535. The lowest BCUT2D eigenvalue weighted by Gasteiger charge is -2.08. The highest BCUT2D eigenvalue weighted by molar-refractivity contribution is 5.89. The van der Waals surface area contributed by atoms with E-state index in [1.54, 1.807) is 0 Å². The van der Waals surface area contributed by atoms with E-state index in [4.69, 9.17) is 0 Å². The van der Waals surface area contributed by atoms with E-state index >= 15 is 0 Å². The summed E-state index contributed by atoms with van der Waals surface area (Å²) in [5.41, 5.74) is 0.756. The van der Waals surface area contributed by atoms with E-state index in [0.717, 1.165) is 10.8 Å². The van der Waals surface area contributed by atoms with Gasteiger partial charge in [0.05, 0.1) is 10.6 Å². The fourth-order valence-corrected chi connectivity index (χ4v) is 2.15. The Bertz CT molecular complexity index is 888. The van der Waals surface area contributed by atoms with Crippen LogP contribution in [0.25, 0.3) is 10.8 Å². The molecule has 3 aromatic rings. The summed E-state index contributed by atoms with van der Waals surface area (Å²) in [6, 6.07) is 17.1. The number of hydrogen-bond acceptors (Lipinski definition) is 4. The fourth-order valence-electron chi connectivity index (χ4n) is 2.15. The molecule has 0 heterocycles. The number of nitro groups is 1. The Hall–Kier alpha value is -3.21. The molecule has 0 fully saturated rings. The molecule has 3 rings (SSSR count). The molecule has 22 heavy (non-hydrogen) atoms. The molecule has 0 amide bonds. The van der Waals surface area contributed by atoms with Crippen molar-refractivity contribution in [3.05, 3.63) is 76.3 Å². The summed E-state index contributed by atoms with van der Waals surface area (Å²) >= 11 is 0. The van der Waals surface area contributed by atoms with Crippen LogP contribution in [0.1, 0.15) is 5.56 Å². The first-order valence-electron chi connectivity index (χ1n) is 6.62. The lowest BCUT2D eigenvalue weighted by atomic mass is 10.1. The Kier molecular flexibility index (Phi) is 3.53. The van der Waals surface area contributed by atoms with Crippen molar-refractivity contribution in [1.29, 1.82) is 0 Å². The Morgan fingerprint density at radius 1 is 0.955 bits per heavy atom. The molecule has 0 bridgehead atoms. The van der Waals surface area contributed by atoms with Crippen molar-refractivity contribution in [2.75, 3.05) is 0 Å². The van der Waals surface area contributed by atoms with Gasteiger partial charge in [0.25, 0.3) is 5.69 Å². The highest BCUT2D eigenvalue weighted by atomic mass is 16.6. The number of aliphatic imine (C=N–C) groups is 1. The summed E-state index contributed by atoms with van der Waals surface area (Å²) in [5.74, 6) is -0.296. The molecule has 5 nitrogen and oxygen atoms in total. The Labute approximate surface area is 126 Å². The van der Waals surface area contributed by atoms with Gasteiger partial charge in [-0.2, -0.15) is 0 Å². The average Bonchev–Trinajstić information content (AvgIpc) is 2.53. The molecular formula is C17H11N2O3-. The van der Waals surface area contributed by atoms with Crippen LogP contribution in [0.4, 0.5) is 11.4 Å². The van der Waals surface area contributed by atoms with Crippen molar-refractivity contribution >= 4 is 28.4 Å². The minimum absolute atomic E-state index is 0.125. The third-order valence-electron chi connectivity index (χ3n) is 3.29. The number of hydrogen-bond donors (Lipinski definition) is 0. The van der Waals surface area contributed by atoms with Gasteiger partial charge in [-0.1, -0.05) is 42.1 Å². The molecular weight excluding hydrogens is 280 g/mol. The Morgan fingerprint density at radius 2 is 1.73 bits per heavy atom. The summed E-state index contributed by atoms with van der Waals surface area (Å²) in [4.78, 5) is 14.4. The van der Waals surface area contributed by atoms with Crippen LogP contribution in [-0.2, 0) is 0 Å². The number of non-ortho nitro benzene ring substituents is 1. The predicted octanol–water partition coefficient (Wildman–Crippen LogP) is 3.57. The van der Waals surface area contributed by atoms with Crippen LogP contribution in [0.3, 0.4) is 0 Å². The highest BCUT2D eigenvalue weighted by Gasteiger charge is 2.05. The number of fused-ring (bicyclic) bond motifs is 1. The molecule has 0 radical (unpaired) electrons. The summed E-state index contributed by atoms with van der Waals surface area (Å²) in [5, 5.41) is 24.6. The average molecular weight is 291 g/mol. The van der Waals surface area contributed by atoms with E-state index in [-0.39, 0.29) is 17.0 Å². The zero-order valence-electron chi connectivity index (χ0n) is 11.5. The third kappa shape index (κ3) is 2.78. The van der Waals surface area contributed by atoms with E-state index in [9.17, 15) is 15.2 Å². The first-order valence-corrected chi connectivity index (χ1v) is 6.62. The van der Waals surface area contributed by atoms with Gasteiger partial charge in [-0.05, 0) is 28.5 Å². The van der Waals surface area contributed by atoms with Crippen LogP contribution < -0.4 is 5.11 Å². The molecule has 3 aromatic carbocycles. The van der Waals surface area contributed by atoms with Crippen LogP contribution in [-0.4, -0.2) is 11.1 Å². The van der Waals surface area contributed by atoms with Gasteiger partial charge in [-0.25, -0.2) is 0 Å². The van der Waals surface area contributed by atoms with Crippen LogP contribution in [0.5, 0.6) is 5.75 Å². The van der Waals surface area contributed by atoms with E-state index < -0.39 is 4.92 Å². The van der Waals surface area contributed by atoms with Crippen molar-refractivity contribution < 1.29 is 10.0 Å². The topological polar surface area (TPSA) is 78.6 Å². The smallest absolute Gasteiger partial charge is 0.270 e. The van der Waals surface area contributed by atoms with Gasteiger partial charge in [0.1, 0.15) is 0 Å². The zero-order chi connectivity index (χ0) is 15.5. The molecule has 108 valence electrons. The van der Waals surface area contributed by atoms with Gasteiger partial charge >= 0.3 is 0 Å². The number of nitrogens with zero attached hydrogens (tertiary/aromatic N) is 2. The molecule has 0 unspecified atom stereocenters. The molecule has 0 atom stereocenters. The molecule has 0 aliphatic heterocycles. The normalized spacial score (nSPS) is 11.1. The lowest BCUT2D eigenvalue weighted by molar-refractivity contribution is -0.385. The zero-order valence-corrected chi connectivity index (χ0v) is 11.5. The van der Waals surface area contributed by atoms with Crippen molar-refractivity contribution in [3.8, 4) is 5.75 Å². The summed E-state index contributed by atoms with van der Waals surface area (Å²) in [6.07, 6.45) is 1.36. The molecule has 0 aliphatic rings. The summed E-state index contributed by atoms with van der Waals surface area (Å²) in [7, 11) is 0. The van der Waals surface area contributed by atoms with E-state index in [1.807, 2.05) is 42.5 Å². The maximum absolute atomic E-state index is 11.7. The maximum atomic E-state index is 11.7. The highest BCUT2D eigenvalue weighted by Crippen LogP contribution is 2.23. The molecule has 0 saturated heterocycles. The van der Waals surface area contributed by atoms with Crippen molar-refractivity contribution in [1.82, 2.24) is 0 Å². The van der Waals surface area contributed by atoms with Crippen LogP contribution in [0, 0.1) is 10.1 Å². The van der Waals surface area contributed by atoms with Crippen LogP contribution >= 0.6 is 0 Å². The van der Waals surface area contributed by atoms with Gasteiger partial charge in [0, 0.05) is 18.3 Å².